The van der Waals surface area contributed by atoms with Gasteiger partial charge >= 0.3 is 6.18 Å². The molecule has 0 aliphatic carbocycles. The van der Waals surface area contributed by atoms with E-state index in [0.29, 0.717) is 5.82 Å². The fourth-order valence-corrected chi connectivity index (χ4v) is 2.09. The van der Waals surface area contributed by atoms with Gasteiger partial charge < -0.3 is 9.88 Å². The quantitative estimate of drug-likeness (QED) is 0.908. The fraction of sp³-hybridized carbons (Fsp3) is 0.400. The average molecular weight is 297 g/mol. The Morgan fingerprint density at radius 3 is 2.57 bits per heavy atom. The van der Waals surface area contributed by atoms with E-state index in [1.165, 1.54) is 11.8 Å². The number of nitrogens with zero attached hydrogens (tertiary/aromatic N) is 2. The zero-order valence-corrected chi connectivity index (χ0v) is 12.0. The number of anilines is 1. The van der Waals surface area contributed by atoms with Crippen molar-refractivity contribution in [2.24, 2.45) is 7.05 Å². The molecule has 21 heavy (non-hydrogen) atoms. The van der Waals surface area contributed by atoms with Crippen molar-refractivity contribution in [2.45, 2.75) is 32.0 Å². The minimum Gasteiger partial charge on any atom is -0.368 e. The number of aromatic nitrogens is 2. The zero-order chi connectivity index (χ0) is 15.5. The van der Waals surface area contributed by atoms with Crippen molar-refractivity contribution < 1.29 is 13.2 Å². The number of halogens is 3. The molecule has 6 heteroatoms. The maximum Gasteiger partial charge on any atom is 0.417 e. The molecule has 114 valence electrons. The third kappa shape index (κ3) is 4.24. The molecule has 0 bridgehead atoms. The van der Waals surface area contributed by atoms with Crippen LogP contribution in [0.5, 0.6) is 0 Å². The first kappa shape index (κ1) is 15.4. The Labute approximate surface area is 121 Å². The largest absolute Gasteiger partial charge is 0.417 e. The molecule has 0 aliphatic rings. The summed E-state index contributed by atoms with van der Waals surface area (Å²) < 4.78 is 39.4. The maximum absolute atomic E-state index is 12.4. The Bertz CT molecular complexity index is 573. The molecule has 1 unspecified atom stereocenters. The molecule has 1 atom stereocenters. The molecular formula is C15H18F3N3. The van der Waals surface area contributed by atoms with Crippen LogP contribution in [0.2, 0.25) is 0 Å². The third-order valence-corrected chi connectivity index (χ3v) is 3.37. The SMILES string of the molecule is CC(CCc1cccn1C)Nc1ccc(C(F)(F)F)cn1. The highest BCUT2D eigenvalue weighted by molar-refractivity contribution is 5.37. The van der Waals surface area contributed by atoms with Gasteiger partial charge in [-0.1, -0.05) is 0 Å². The first-order chi connectivity index (χ1) is 9.86. The highest BCUT2D eigenvalue weighted by Gasteiger charge is 2.30. The number of aryl methyl sites for hydroxylation is 2. The summed E-state index contributed by atoms with van der Waals surface area (Å²) in [5, 5.41) is 3.11. The summed E-state index contributed by atoms with van der Waals surface area (Å²) >= 11 is 0. The Morgan fingerprint density at radius 2 is 2.05 bits per heavy atom. The number of alkyl halides is 3. The van der Waals surface area contributed by atoms with E-state index in [1.54, 1.807) is 0 Å². The second kappa shape index (κ2) is 6.20. The lowest BCUT2D eigenvalue weighted by atomic mass is 10.1. The average Bonchev–Trinajstić information content (AvgIpc) is 2.81. The molecule has 0 radical (unpaired) electrons. The predicted octanol–water partition coefficient (Wildman–Crippen LogP) is 3.87. The normalized spacial score (nSPS) is 13.2. The van der Waals surface area contributed by atoms with Gasteiger partial charge in [0.2, 0.25) is 0 Å². The molecule has 3 nitrogen and oxygen atoms in total. The van der Waals surface area contributed by atoms with Crippen molar-refractivity contribution in [1.29, 1.82) is 0 Å². The van der Waals surface area contributed by atoms with Gasteiger partial charge in [0.15, 0.2) is 0 Å². The third-order valence-electron chi connectivity index (χ3n) is 3.37. The summed E-state index contributed by atoms with van der Waals surface area (Å²) in [5.74, 6) is 0.461. The van der Waals surface area contributed by atoms with Gasteiger partial charge in [-0.15, -0.1) is 0 Å². The van der Waals surface area contributed by atoms with Crippen molar-refractivity contribution in [2.75, 3.05) is 5.32 Å². The molecule has 0 saturated heterocycles. The summed E-state index contributed by atoms with van der Waals surface area (Å²) in [7, 11) is 1.99. The van der Waals surface area contributed by atoms with Crippen LogP contribution in [0.1, 0.15) is 24.6 Å². The number of hydrogen-bond donors (Lipinski definition) is 1. The number of rotatable bonds is 5. The van der Waals surface area contributed by atoms with Gasteiger partial charge in [-0.3, -0.25) is 0 Å². The molecule has 0 aliphatic heterocycles. The lowest BCUT2D eigenvalue weighted by molar-refractivity contribution is -0.137. The first-order valence-corrected chi connectivity index (χ1v) is 6.76. The highest BCUT2D eigenvalue weighted by atomic mass is 19.4. The fourth-order valence-electron chi connectivity index (χ4n) is 2.09. The van der Waals surface area contributed by atoms with Crippen molar-refractivity contribution in [3.05, 3.63) is 47.9 Å². The van der Waals surface area contributed by atoms with E-state index in [0.717, 1.165) is 25.1 Å². The molecule has 0 fully saturated rings. The Hall–Kier alpha value is -1.98. The van der Waals surface area contributed by atoms with Crippen LogP contribution in [0.15, 0.2) is 36.7 Å². The topological polar surface area (TPSA) is 29.9 Å². The zero-order valence-electron chi connectivity index (χ0n) is 12.0. The van der Waals surface area contributed by atoms with E-state index < -0.39 is 11.7 Å². The summed E-state index contributed by atoms with van der Waals surface area (Å²) in [6.45, 7) is 1.99. The van der Waals surface area contributed by atoms with Gasteiger partial charge in [0.05, 0.1) is 5.56 Å². The lowest BCUT2D eigenvalue weighted by Gasteiger charge is -2.15. The van der Waals surface area contributed by atoms with Gasteiger partial charge in [-0.05, 0) is 44.0 Å². The van der Waals surface area contributed by atoms with Crippen LogP contribution >= 0.6 is 0 Å². The number of hydrogen-bond acceptors (Lipinski definition) is 2. The minimum atomic E-state index is -4.34. The predicted molar refractivity (Wildman–Crippen MR) is 76.1 cm³/mol. The smallest absolute Gasteiger partial charge is 0.368 e. The van der Waals surface area contributed by atoms with Gasteiger partial charge in [0.25, 0.3) is 0 Å². The van der Waals surface area contributed by atoms with Gasteiger partial charge in [0, 0.05) is 31.2 Å². The number of pyridine rings is 1. The van der Waals surface area contributed by atoms with Gasteiger partial charge in [0.1, 0.15) is 5.82 Å². The van der Waals surface area contributed by atoms with Gasteiger partial charge in [-0.25, -0.2) is 4.98 Å². The van der Waals surface area contributed by atoms with Crippen molar-refractivity contribution in [1.82, 2.24) is 9.55 Å². The van der Waals surface area contributed by atoms with E-state index in [1.807, 2.05) is 26.2 Å². The molecule has 0 saturated carbocycles. The Balaban J connectivity index is 1.88. The summed E-state index contributed by atoms with van der Waals surface area (Å²) in [6, 6.07) is 6.58. The van der Waals surface area contributed by atoms with Crippen LogP contribution in [0.4, 0.5) is 19.0 Å². The van der Waals surface area contributed by atoms with E-state index in [-0.39, 0.29) is 6.04 Å². The molecule has 2 rings (SSSR count). The molecule has 0 aromatic carbocycles. The van der Waals surface area contributed by atoms with Gasteiger partial charge in [-0.2, -0.15) is 13.2 Å². The highest BCUT2D eigenvalue weighted by Crippen LogP contribution is 2.28. The van der Waals surface area contributed by atoms with Crippen LogP contribution in [0.25, 0.3) is 0 Å². The summed E-state index contributed by atoms with van der Waals surface area (Å²) in [4.78, 5) is 3.81. The molecule has 0 spiro atoms. The van der Waals surface area contributed by atoms with E-state index >= 15 is 0 Å². The van der Waals surface area contributed by atoms with Crippen LogP contribution in [0.3, 0.4) is 0 Å². The second-order valence-corrected chi connectivity index (χ2v) is 5.12. The first-order valence-electron chi connectivity index (χ1n) is 6.76. The monoisotopic (exact) mass is 297 g/mol. The van der Waals surface area contributed by atoms with Crippen LogP contribution in [0, 0.1) is 0 Å². The second-order valence-electron chi connectivity index (χ2n) is 5.12. The Kier molecular flexibility index (Phi) is 4.55. The van der Waals surface area contributed by atoms with Crippen molar-refractivity contribution >= 4 is 5.82 Å². The molecule has 0 amide bonds. The van der Waals surface area contributed by atoms with Crippen LogP contribution in [-0.2, 0) is 19.6 Å². The molecule has 2 heterocycles. The standard InChI is InChI=1S/C15H18F3N3/c1-11(5-7-13-4-3-9-21(13)2)20-14-8-6-12(10-19-14)15(16,17)18/h3-4,6,8-11H,5,7H2,1-2H3,(H,19,20). The van der Waals surface area contributed by atoms with Crippen LogP contribution in [-0.4, -0.2) is 15.6 Å². The van der Waals surface area contributed by atoms with Crippen LogP contribution < -0.4 is 5.32 Å². The molecular weight excluding hydrogens is 279 g/mol. The Morgan fingerprint density at radius 1 is 1.29 bits per heavy atom. The van der Waals surface area contributed by atoms with E-state index in [9.17, 15) is 13.2 Å². The summed E-state index contributed by atoms with van der Waals surface area (Å²) in [6.07, 6.45) is 0.277. The van der Waals surface area contributed by atoms with E-state index in [4.69, 9.17) is 0 Å². The van der Waals surface area contributed by atoms with E-state index in [2.05, 4.69) is 20.9 Å². The minimum absolute atomic E-state index is 0.129. The summed E-state index contributed by atoms with van der Waals surface area (Å²) in [5.41, 5.74) is 0.494. The lowest BCUT2D eigenvalue weighted by Crippen LogP contribution is -2.17. The van der Waals surface area contributed by atoms with Crippen molar-refractivity contribution in [3.8, 4) is 0 Å². The molecule has 2 aromatic rings. The maximum atomic E-state index is 12.4. The number of nitrogens with one attached hydrogen (secondary N) is 1. The molecule has 1 N–H and O–H groups in total. The van der Waals surface area contributed by atoms with Crippen molar-refractivity contribution in [3.63, 3.8) is 0 Å². The molecule has 2 aromatic heterocycles.